The Hall–Kier alpha value is -1.10. The van der Waals surface area contributed by atoms with E-state index in [0.29, 0.717) is 12.5 Å². The first-order valence-electron chi connectivity index (χ1n) is 6.63. The molecule has 18 heavy (non-hydrogen) atoms. The molecule has 0 saturated carbocycles. The number of piperidine rings is 1. The molecule has 0 unspecified atom stereocenters. The molecule has 1 rings (SSSR count). The van der Waals surface area contributed by atoms with Crippen molar-refractivity contribution in [1.29, 1.82) is 0 Å². The van der Waals surface area contributed by atoms with Gasteiger partial charge >= 0.3 is 5.97 Å². The fourth-order valence-electron chi connectivity index (χ4n) is 2.12. The van der Waals surface area contributed by atoms with Gasteiger partial charge in [-0.05, 0) is 45.7 Å². The Bertz CT molecular complexity index is 284. The molecular formula is C13H24N2O3. The van der Waals surface area contributed by atoms with Crippen molar-refractivity contribution in [1.82, 2.24) is 10.2 Å². The van der Waals surface area contributed by atoms with E-state index in [0.717, 1.165) is 32.5 Å². The second kappa shape index (κ2) is 7.36. The number of hydrogen-bond donors (Lipinski definition) is 1. The quantitative estimate of drug-likeness (QED) is 0.739. The van der Waals surface area contributed by atoms with Crippen molar-refractivity contribution in [3.05, 3.63) is 0 Å². The van der Waals surface area contributed by atoms with E-state index in [-0.39, 0.29) is 18.0 Å². The highest BCUT2D eigenvalue weighted by molar-refractivity contribution is 5.72. The fraction of sp³-hybridized carbons (Fsp3) is 0.846. The standard InChI is InChI=1S/C13H24N2O3/c1-10(2)18-13(17)9-15-6-4-12(5-7-15)8-14-11(3)16/h10,12H,4-9H2,1-3H3,(H,14,16). The summed E-state index contributed by atoms with van der Waals surface area (Å²) < 4.78 is 5.12. The number of ether oxygens (including phenoxy) is 1. The van der Waals surface area contributed by atoms with Crippen LogP contribution in [-0.4, -0.2) is 49.1 Å². The van der Waals surface area contributed by atoms with E-state index < -0.39 is 0 Å². The summed E-state index contributed by atoms with van der Waals surface area (Å²) in [7, 11) is 0. The SMILES string of the molecule is CC(=O)NCC1CCN(CC(=O)OC(C)C)CC1. The van der Waals surface area contributed by atoms with E-state index in [1.165, 1.54) is 6.92 Å². The first-order valence-corrected chi connectivity index (χ1v) is 6.63. The van der Waals surface area contributed by atoms with Crippen LogP contribution in [0.25, 0.3) is 0 Å². The van der Waals surface area contributed by atoms with Crippen molar-refractivity contribution in [3.63, 3.8) is 0 Å². The normalized spacial score (nSPS) is 17.8. The zero-order valence-corrected chi connectivity index (χ0v) is 11.6. The summed E-state index contributed by atoms with van der Waals surface area (Å²) >= 11 is 0. The van der Waals surface area contributed by atoms with Gasteiger partial charge in [-0.3, -0.25) is 14.5 Å². The van der Waals surface area contributed by atoms with Gasteiger partial charge in [0, 0.05) is 13.5 Å². The van der Waals surface area contributed by atoms with Gasteiger partial charge in [-0.15, -0.1) is 0 Å². The number of likely N-dealkylation sites (tertiary alicyclic amines) is 1. The molecule has 0 radical (unpaired) electrons. The summed E-state index contributed by atoms with van der Waals surface area (Å²) in [6.07, 6.45) is 2.00. The number of hydrogen-bond acceptors (Lipinski definition) is 4. The summed E-state index contributed by atoms with van der Waals surface area (Å²) in [5.41, 5.74) is 0. The second-order valence-electron chi connectivity index (χ2n) is 5.20. The molecule has 5 heteroatoms. The van der Waals surface area contributed by atoms with Crippen molar-refractivity contribution in [2.75, 3.05) is 26.2 Å². The molecule has 0 bridgehead atoms. The Kier molecular flexibility index (Phi) is 6.12. The summed E-state index contributed by atoms with van der Waals surface area (Å²) in [6, 6.07) is 0. The number of rotatable bonds is 5. The van der Waals surface area contributed by atoms with E-state index in [1.54, 1.807) is 0 Å². The van der Waals surface area contributed by atoms with Gasteiger partial charge in [-0.2, -0.15) is 0 Å². The predicted molar refractivity (Wildman–Crippen MR) is 69.1 cm³/mol. The predicted octanol–water partition coefficient (Wildman–Crippen LogP) is 0.786. The number of carbonyl (C=O) groups is 2. The highest BCUT2D eigenvalue weighted by atomic mass is 16.5. The molecule has 0 aliphatic carbocycles. The number of amides is 1. The molecule has 1 heterocycles. The largest absolute Gasteiger partial charge is 0.462 e. The van der Waals surface area contributed by atoms with Crippen LogP contribution < -0.4 is 5.32 Å². The summed E-state index contributed by atoms with van der Waals surface area (Å²) in [4.78, 5) is 24.4. The molecule has 1 fully saturated rings. The lowest BCUT2D eigenvalue weighted by Crippen LogP contribution is -2.41. The molecule has 104 valence electrons. The minimum absolute atomic E-state index is 0.0259. The topological polar surface area (TPSA) is 58.6 Å². The third-order valence-electron chi connectivity index (χ3n) is 3.07. The van der Waals surface area contributed by atoms with Crippen LogP contribution in [0.15, 0.2) is 0 Å². The maximum absolute atomic E-state index is 11.5. The summed E-state index contributed by atoms with van der Waals surface area (Å²) in [5, 5.41) is 2.85. The molecule has 1 aliphatic rings. The summed E-state index contributed by atoms with van der Waals surface area (Å²) in [5.74, 6) is 0.412. The van der Waals surface area contributed by atoms with E-state index in [1.807, 2.05) is 13.8 Å². The highest BCUT2D eigenvalue weighted by Gasteiger charge is 2.21. The number of esters is 1. The van der Waals surface area contributed by atoms with Crippen molar-refractivity contribution >= 4 is 11.9 Å². The van der Waals surface area contributed by atoms with Gasteiger partial charge in [0.25, 0.3) is 0 Å². The van der Waals surface area contributed by atoms with Crippen molar-refractivity contribution in [2.45, 2.75) is 39.7 Å². The third kappa shape index (κ3) is 6.00. The molecule has 0 atom stereocenters. The van der Waals surface area contributed by atoms with Crippen LogP contribution >= 0.6 is 0 Å². The first-order chi connectivity index (χ1) is 8.47. The molecule has 0 spiro atoms. The van der Waals surface area contributed by atoms with E-state index in [9.17, 15) is 9.59 Å². The molecule has 1 N–H and O–H groups in total. The average Bonchev–Trinajstić information content (AvgIpc) is 2.26. The summed E-state index contributed by atoms with van der Waals surface area (Å²) in [6.45, 7) is 8.19. The first kappa shape index (κ1) is 15.0. The van der Waals surface area contributed by atoms with Crippen LogP contribution in [0.2, 0.25) is 0 Å². The Morgan fingerprint density at radius 3 is 2.44 bits per heavy atom. The smallest absolute Gasteiger partial charge is 0.320 e. The van der Waals surface area contributed by atoms with E-state index in [4.69, 9.17) is 4.74 Å². The van der Waals surface area contributed by atoms with Crippen LogP contribution in [0, 0.1) is 5.92 Å². The van der Waals surface area contributed by atoms with Gasteiger partial charge in [0.2, 0.25) is 5.91 Å². The Morgan fingerprint density at radius 1 is 1.33 bits per heavy atom. The highest BCUT2D eigenvalue weighted by Crippen LogP contribution is 2.16. The zero-order chi connectivity index (χ0) is 13.5. The number of carbonyl (C=O) groups excluding carboxylic acids is 2. The van der Waals surface area contributed by atoms with Crippen LogP contribution in [-0.2, 0) is 14.3 Å². The molecule has 1 aliphatic heterocycles. The average molecular weight is 256 g/mol. The van der Waals surface area contributed by atoms with Crippen molar-refractivity contribution in [2.24, 2.45) is 5.92 Å². The molecule has 5 nitrogen and oxygen atoms in total. The van der Waals surface area contributed by atoms with Gasteiger partial charge in [0.15, 0.2) is 0 Å². The minimum Gasteiger partial charge on any atom is -0.462 e. The number of nitrogens with one attached hydrogen (secondary N) is 1. The molecule has 0 aromatic carbocycles. The molecule has 0 aromatic heterocycles. The Morgan fingerprint density at radius 2 is 1.94 bits per heavy atom. The van der Waals surface area contributed by atoms with Gasteiger partial charge in [0.05, 0.1) is 12.6 Å². The lowest BCUT2D eigenvalue weighted by atomic mass is 9.97. The number of nitrogens with zero attached hydrogens (tertiary/aromatic N) is 1. The van der Waals surface area contributed by atoms with Crippen molar-refractivity contribution < 1.29 is 14.3 Å². The second-order valence-corrected chi connectivity index (χ2v) is 5.20. The van der Waals surface area contributed by atoms with Crippen LogP contribution in [0.4, 0.5) is 0 Å². The maximum Gasteiger partial charge on any atom is 0.320 e. The van der Waals surface area contributed by atoms with Gasteiger partial charge in [0.1, 0.15) is 0 Å². The lowest BCUT2D eigenvalue weighted by Gasteiger charge is -2.31. The third-order valence-corrected chi connectivity index (χ3v) is 3.07. The van der Waals surface area contributed by atoms with Gasteiger partial charge in [-0.25, -0.2) is 0 Å². The molecule has 0 aromatic rings. The van der Waals surface area contributed by atoms with Gasteiger partial charge < -0.3 is 10.1 Å². The van der Waals surface area contributed by atoms with Crippen LogP contribution in [0.1, 0.15) is 33.6 Å². The lowest BCUT2D eigenvalue weighted by molar-refractivity contribution is -0.149. The van der Waals surface area contributed by atoms with Crippen LogP contribution in [0.5, 0.6) is 0 Å². The van der Waals surface area contributed by atoms with E-state index >= 15 is 0 Å². The van der Waals surface area contributed by atoms with Crippen molar-refractivity contribution in [3.8, 4) is 0 Å². The maximum atomic E-state index is 11.5. The molecular weight excluding hydrogens is 232 g/mol. The molecule has 1 amide bonds. The van der Waals surface area contributed by atoms with Crippen LogP contribution in [0.3, 0.4) is 0 Å². The zero-order valence-electron chi connectivity index (χ0n) is 11.6. The Balaban J connectivity index is 2.19. The fourth-order valence-corrected chi connectivity index (χ4v) is 2.12. The monoisotopic (exact) mass is 256 g/mol. The minimum atomic E-state index is -0.148. The Labute approximate surface area is 109 Å². The van der Waals surface area contributed by atoms with Gasteiger partial charge in [-0.1, -0.05) is 0 Å². The molecule has 1 saturated heterocycles. The van der Waals surface area contributed by atoms with E-state index in [2.05, 4.69) is 10.2 Å².